The fourth-order valence-electron chi connectivity index (χ4n) is 10.1. The van der Waals surface area contributed by atoms with Gasteiger partial charge in [0, 0.05) is 44.4 Å². The average molecular weight is 609 g/mol. The fraction of sp³-hybridized carbons (Fsp3) is 0.0667. The van der Waals surface area contributed by atoms with Crippen molar-refractivity contribution in [3.8, 4) is 22.3 Å². The molecule has 0 saturated heterocycles. The van der Waals surface area contributed by atoms with Crippen LogP contribution in [0.25, 0.3) is 44.1 Å². The molecule has 2 nitrogen and oxygen atoms in total. The molecule has 8 aromatic rings. The molecule has 3 heterocycles. The topological polar surface area (TPSA) is 8.17 Å². The molecule has 3 unspecified atom stereocenters. The van der Waals surface area contributed by atoms with E-state index < -0.39 is 0 Å². The van der Waals surface area contributed by atoms with Gasteiger partial charge in [-0.2, -0.15) is 0 Å². The van der Waals surface area contributed by atoms with Crippen molar-refractivity contribution in [2.45, 2.75) is 17.8 Å². The Labute approximate surface area is 279 Å². The predicted molar refractivity (Wildman–Crippen MR) is 200 cm³/mol. The molecule has 7 aromatic carbocycles. The molecule has 4 aliphatic rings. The summed E-state index contributed by atoms with van der Waals surface area (Å²) in [5, 5.41) is 2.67. The van der Waals surface area contributed by atoms with Crippen LogP contribution in [0, 0.1) is 0 Å². The van der Waals surface area contributed by atoms with Crippen molar-refractivity contribution in [1.82, 2.24) is 4.48 Å². The Morgan fingerprint density at radius 2 is 1.10 bits per heavy atom. The van der Waals surface area contributed by atoms with Gasteiger partial charge in [0.05, 0.1) is 0 Å². The maximum atomic E-state index is 2.70. The predicted octanol–water partition coefficient (Wildman–Crippen LogP) is 9.86. The fourth-order valence-corrected chi connectivity index (χ4v) is 10.1. The SMILES string of the molecule is c1ccc(N(c2ccccc2)c2cc3c4c(c2)C2C5c6ccccc6-c6cccc(c6C52)B4n2c4ccccc4c4cccc-3c42)cc1. The van der Waals surface area contributed by atoms with Crippen LogP contribution in [0.3, 0.4) is 0 Å². The first-order valence-electron chi connectivity index (χ1n) is 17.2. The third-order valence-electron chi connectivity index (χ3n) is 11.8. The van der Waals surface area contributed by atoms with E-state index in [1.54, 1.807) is 5.56 Å². The van der Waals surface area contributed by atoms with Gasteiger partial charge in [-0.15, -0.1) is 0 Å². The van der Waals surface area contributed by atoms with E-state index in [1.165, 1.54) is 83.2 Å². The van der Waals surface area contributed by atoms with Crippen LogP contribution in [0.1, 0.15) is 34.4 Å². The lowest BCUT2D eigenvalue weighted by Gasteiger charge is -2.34. The van der Waals surface area contributed by atoms with Crippen LogP contribution in [-0.4, -0.2) is 11.3 Å². The van der Waals surface area contributed by atoms with Crippen LogP contribution in [0.4, 0.5) is 17.1 Å². The average Bonchev–Trinajstić information content (AvgIpc) is 3.84. The van der Waals surface area contributed by atoms with E-state index >= 15 is 0 Å². The molecule has 0 amide bonds. The third-order valence-corrected chi connectivity index (χ3v) is 11.8. The van der Waals surface area contributed by atoms with Crippen molar-refractivity contribution in [2.24, 2.45) is 0 Å². The molecule has 2 aliphatic heterocycles. The van der Waals surface area contributed by atoms with Crippen molar-refractivity contribution in [2.75, 3.05) is 4.90 Å². The zero-order chi connectivity index (χ0) is 31.1. The maximum absolute atomic E-state index is 2.70. The summed E-state index contributed by atoms with van der Waals surface area (Å²) in [6, 6.07) is 59.2. The van der Waals surface area contributed by atoms with Crippen molar-refractivity contribution >= 4 is 56.6 Å². The minimum atomic E-state index is 0.108. The molecule has 1 saturated carbocycles. The number of aromatic nitrogens is 1. The molecule has 0 spiro atoms. The highest BCUT2D eigenvalue weighted by atomic mass is 15.1. The van der Waals surface area contributed by atoms with Crippen molar-refractivity contribution in [3.63, 3.8) is 0 Å². The molecule has 3 heteroatoms. The lowest BCUT2D eigenvalue weighted by Crippen LogP contribution is -2.53. The molecule has 222 valence electrons. The minimum absolute atomic E-state index is 0.108. The highest BCUT2D eigenvalue weighted by Crippen LogP contribution is 2.71. The summed E-state index contributed by atoms with van der Waals surface area (Å²) in [6.45, 7) is 0.108. The van der Waals surface area contributed by atoms with Crippen LogP contribution in [0.15, 0.2) is 158 Å². The third kappa shape index (κ3) is 3.06. The van der Waals surface area contributed by atoms with Crippen molar-refractivity contribution in [1.29, 1.82) is 0 Å². The number of fused-ring (bicyclic) bond motifs is 11. The minimum Gasteiger partial charge on any atom is -0.375 e. The summed E-state index contributed by atoms with van der Waals surface area (Å²) in [6.07, 6.45) is 0. The number of benzene rings is 7. The Kier molecular flexibility index (Phi) is 4.73. The first kappa shape index (κ1) is 25.3. The molecule has 3 atom stereocenters. The Morgan fingerprint density at radius 3 is 1.94 bits per heavy atom. The van der Waals surface area contributed by atoms with Gasteiger partial charge in [-0.05, 0) is 105 Å². The van der Waals surface area contributed by atoms with E-state index in [9.17, 15) is 0 Å². The summed E-state index contributed by atoms with van der Waals surface area (Å²) in [5.74, 6) is 1.41. The van der Waals surface area contributed by atoms with E-state index in [2.05, 4.69) is 167 Å². The number of rotatable bonds is 3. The van der Waals surface area contributed by atoms with Gasteiger partial charge in [0.15, 0.2) is 0 Å². The van der Waals surface area contributed by atoms with Gasteiger partial charge < -0.3 is 9.38 Å². The molecule has 12 rings (SSSR count). The molecule has 0 bridgehead atoms. The van der Waals surface area contributed by atoms with Crippen molar-refractivity contribution < 1.29 is 0 Å². The van der Waals surface area contributed by atoms with Gasteiger partial charge in [-0.3, -0.25) is 0 Å². The maximum Gasteiger partial charge on any atom is 0.329 e. The van der Waals surface area contributed by atoms with E-state index in [1.807, 2.05) is 0 Å². The van der Waals surface area contributed by atoms with Crippen LogP contribution in [0.5, 0.6) is 0 Å². The lowest BCUT2D eigenvalue weighted by atomic mass is 9.45. The Hall–Kier alpha value is -5.80. The molecular weight excluding hydrogens is 579 g/mol. The van der Waals surface area contributed by atoms with E-state index in [4.69, 9.17) is 0 Å². The molecule has 1 aromatic heterocycles. The quantitative estimate of drug-likeness (QED) is 0.181. The molecule has 48 heavy (non-hydrogen) atoms. The van der Waals surface area contributed by atoms with Gasteiger partial charge in [-0.1, -0.05) is 115 Å². The van der Waals surface area contributed by atoms with Crippen LogP contribution >= 0.6 is 0 Å². The van der Waals surface area contributed by atoms with Gasteiger partial charge in [0.1, 0.15) is 0 Å². The van der Waals surface area contributed by atoms with E-state index in [-0.39, 0.29) is 6.85 Å². The smallest absolute Gasteiger partial charge is 0.329 e. The number of anilines is 3. The largest absolute Gasteiger partial charge is 0.375 e. The summed E-state index contributed by atoms with van der Waals surface area (Å²) in [7, 11) is 0. The summed E-state index contributed by atoms with van der Waals surface area (Å²) < 4.78 is 2.70. The monoisotopic (exact) mass is 608 g/mol. The zero-order valence-electron chi connectivity index (χ0n) is 26.2. The first-order valence-corrected chi connectivity index (χ1v) is 17.2. The Morgan fingerprint density at radius 1 is 0.458 bits per heavy atom. The van der Waals surface area contributed by atoms with E-state index in [0.29, 0.717) is 17.8 Å². The molecule has 1 fully saturated rings. The Bertz CT molecular complexity index is 2620. The van der Waals surface area contributed by atoms with Crippen molar-refractivity contribution in [3.05, 3.63) is 174 Å². The molecule has 2 aliphatic carbocycles. The van der Waals surface area contributed by atoms with E-state index in [0.717, 1.165) is 0 Å². The lowest BCUT2D eigenvalue weighted by molar-refractivity contribution is 1.01. The van der Waals surface area contributed by atoms with Gasteiger partial charge >= 0.3 is 6.85 Å². The Balaban J connectivity index is 1.25. The number of nitrogens with zero attached hydrogens (tertiary/aromatic N) is 2. The first-order chi connectivity index (χ1) is 23.9. The summed E-state index contributed by atoms with van der Waals surface area (Å²) in [5.41, 5.74) is 19.4. The standard InChI is InChI=1S/C45H29BN2/c1-3-13-27(14-4-1)47(28-15-5-2-6-16-28)29-25-36-35-22-11-21-34-31-18-9-10-24-39(31)48(45(34)35)46-38-23-12-20-32-30-17-7-8-19-33(30)41-42(43(41)40(32)38)37(26-29)44(36)46/h1-26,41-43H. The van der Waals surface area contributed by atoms with Crippen LogP contribution in [0.2, 0.25) is 0 Å². The van der Waals surface area contributed by atoms with Crippen LogP contribution < -0.4 is 15.8 Å². The zero-order valence-corrected chi connectivity index (χ0v) is 26.2. The second-order valence-corrected chi connectivity index (χ2v) is 14.0. The second kappa shape index (κ2) is 8.96. The highest BCUT2D eigenvalue weighted by Gasteiger charge is 2.61. The summed E-state index contributed by atoms with van der Waals surface area (Å²) >= 11 is 0. The molecule has 0 radical (unpaired) electrons. The van der Waals surface area contributed by atoms with Gasteiger partial charge in [0.2, 0.25) is 0 Å². The number of para-hydroxylation sites is 4. The second-order valence-electron chi connectivity index (χ2n) is 14.0. The van der Waals surface area contributed by atoms with Crippen LogP contribution in [-0.2, 0) is 0 Å². The summed E-state index contributed by atoms with van der Waals surface area (Å²) in [4.78, 5) is 2.46. The molecule has 0 N–H and O–H groups in total. The highest BCUT2D eigenvalue weighted by molar-refractivity contribution is 6.88. The normalized spacial score (nSPS) is 18.6. The molecular formula is C45H29BN2. The number of hydrogen-bond donors (Lipinski definition) is 0. The van der Waals surface area contributed by atoms with Gasteiger partial charge in [0.25, 0.3) is 0 Å². The van der Waals surface area contributed by atoms with Gasteiger partial charge in [-0.25, -0.2) is 0 Å². The number of hydrogen-bond acceptors (Lipinski definition) is 1.